The molecule has 0 unspecified atom stereocenters. The summed E-state index contributed by atoms with van der Waals surface area (Å²) in [7, 11) is 0. The standard InChI is InChI=1S/C6H7F2N3O/c7-4(8)3-12-6-2-1-5(9)10-11-6/h1-2,4H,3H2,(H2,9,10). The summed E-state index contributed by atoms with van der Waals surface area (Å²) in [5.74, 6) is 0.267. The van der Waals surface area contributed by atoms with Crippen molar-refractivity contribution in [2.24, 2.45) is 0 Å². The number of ether oxygens (including phenoxy) is 1. The zero-order valence-corrected chi connectivity index (χ0v) is 6.08. The summed E-state index contributed by atoms with van der Waals surface area (Å²) in [5.41, 5.74) is 5.21. The van der Waals surface area contributed by atoms with Crippen molar-refractivity contribution in [3.63, 3.8) is 0 Å². The van der Waals surface area contributed by atoms with E-state index in [1.165, 1.54) is 12.1 Å². The van der Waals surface area contributed by atoms with Gasteiger partial charge in [-0.15, -0.1) is 10.2 Å². The van der Waals surface area contributed by atoms with Gasteiger partial charge in [-0.05, 0) is 6.07 Å². The molecule has 0 aliphatic rings. The van der Waals surface area contributed by atoms with Crippen LogP contribution < -0.4 is 10.5 Å². The van der Waals surface area contributed by atoms with Crippen LogP contribution in [-0.4, -0.2) is 23.2 Å². The summed E-state index contributed by atoms with van der Waals surface area (Å²) in [4.78, 5) is 0. The molecule has 0 radical (unpaired) electrons. The van der Waals surface area contributed by atoms with E-state index >= 15 is 0 Å². The zero-order chi connectivity index (χ0) is 8.97. The van der Waals surface area contributed by atoms with Crippen molar-refractivity contribution in [2.45, 2.75) is 6.43 Å². The minimum atomic E-state index is -2.51. The number of alkyl halides is 2. The summed E-state index contributed by atoms with van der Waals surface area (Å²) in [6.45, 7) is -0.682. The normalized spacial score (nSPS) is 10.2. The topological polar surface area (TPSA) is 61.0 Å². The molecule has 0 aromatic carbocycles. The molecule has 12 heavy (non-hydrogen) atoms. The van der Waals surface area contributed by atoms with E-state index in [0.717, 1.165) is 0 Å². The number of rotatable bonds is 3. The van der Waals surface area contributed by atoms with Gasteiger partial charge < -0.3 is 10.5 Å². The van der Waals surface area contributed by atoms with E-state index in [1.54, 1.807) is 0 Å². The highest BCUT2D eigenvalue weighted by molar-refractivity contribution is 5.27. The van der Waals surface area contributed by atoms with Crippen LogP contribution in [0.15, 0.2) is 12.1 Å². The number of anilines is 1. The number of aromatic nitrogens is 2. The highest BCUT2D eigenvalue weighted by Gasteiger charge is 2.03. The highest BCUT2D eigenvalue weighted by Crippen LogP contribution is 2.06. The van der Waals surface area contributed by atoms with Gasteiger partial charge in [-0.25, -0.2) is 8.78 Å². The van der Waals surface area contributed by atoms with Crippen LogP contribution >= 0.6 is 0 Å². The third kappa shape index (κ3) is 2.65. The van der Waals surface area contributed by atoms with E-state index in [-0.39, 0.29) is 11.7 Å². The second-order valence-electron chi connectivity index (χ2n) is 2.00. The van der Waals surface area contributed by atoms with Crippen molar-refractivity contribution < 1.29 is 13.5 Å². The Balaban J connectivity index is 2.48. The third-order valence-corrected chi connectivity index (χ3v) is 1.02. The van der Waals surface area contributed by atoms with Crippen LogP contribution in [0.1, 0.15) is 0 Å². The molecule has 0 spiro atoms. The molecule has 6 heteroatoms. The summed E-state index contributed by atoms with van der Waals surface area (Å²) >= 11 is 0. The van der Waals surface area contributed by atoms with Gasteiger partial charge in [0.25, 0.3) is 6.43 Å². The molecule has 1 heterocycles. The molecular weight excluding hydrogens is 168 g/mol. The molecule has 0 amide bonds. The van der Waals surface area contributed by atoms with Gasteiger partial charge >= 0.3 is 0 Å². The van der Waals surface area contributed by atoms with Gasteiger partial charge in [0.05, 0.1) is 0 Å². The maximum Gasteiger partial charge on any atom is 0.272 e. The Labute approximate surface area is 67.4 Å². The van der Waals surface area contributed by atoms with E-state index in [9.17, 15) is 8.78 Å². The van der Waals surface area contributed by atoms with Gasteiger partial charge in [0, 0.05) is 6.07 Å². The molecular formula is C6H7F2N3O. The van der Waals surface area contributed by atoms with Crippen LogP contribution in [0.25, 0.3) is 0 Å². The third-order valence-electron chi connectivity index (χ3n) is 1.02. The van der Waals surface area contributed by atoms with Gasteiger partial charge in [0.1, 0.15) is 5.82 Å². The number of nitrogens with two attached hydrogens (primary N) is 1. The number of nitrogens with zero attached hydrogens (tertiary/aromatic N) is 2. The average Bonchev–Trinajstić information content (AvgIpc) is 2.03. The van der Waals surface area contributed by atoms with Crippen LogP contribution in [0, 0.1) is 0 Å². The molecule has 0 bridgehead atoms. The first kappa shape index (κ1) is 8.63. The predicted molar refractivity (Wildman–Crippen MR) is 37.9 cm³/mol. The summed E-state index contributed by atoms with van der Waals surface area (Å²) in [6.07, 6.45) is -2.51. The van der Waals surface area contributed by atoms with Crippen molar-refractivity contribution in [3.05, 3.63) is 12.1 Å². The van der Waals surface area contributed by atoms with E-state index in [4.69, 9.17) is 5.73 Å². The monoisotopic (exact) mass is 175 g/mol. The Morgan fingerprint density at radius 1 is 1.42 bits per heavy atom. The maximum absolute atomic E-state index is 11.6. The lowest BCUT2D eigenvalue weighted by atomic mass is 10.5. The maximum atomic E-state index is 11.6. The fraction of sp³-hybridized carbons (Fsp3) is 0.333. The molecule has 4 nitrogen and oxygen atoms in total. The second-order valence-corrected chi connectivity index (χ2v) is 2.00. The molecule has 1 rings (SSSR count). The largest absolute Gasteiger partial charge is 0.471 e. The number of hydrogen-bond donors (Lipinski definition) is 1. The fourth-order valence-corrected chi connectivity index (χ4v) is 0.556. The minimum absolute atomic E-state index is 0.0458. The Morgan fingerprint density at radius 2 is 2.17 bits per heavy atom. The lowest BCUT2D eigenvalue weighted by Crippen LogP contribution is -2.08. The Kier molecular flexibility index (Phi) is 2.73. The molecule has 1 aromatic rings. The first-order valence-electron chi connectivity index (χ1n) is 3.18. The Morgan fingerprint density at radius 3 is 2.67 bits per heavy atom. The molecule has 0 saturated carbocycles. The Hall–Kier alpha value is -1.46. The Bertz CT molecular complexity index is 239. The molecule has 0 saturated heterocycles. The van der Waals surface area contributed by atoms with Gasteiger partial charge in [-0.1, -0.05) is 0 Å². The quantitative estimate of drug-likeness (QED) is 0.734. The lowest BCUT2D eigenvalue weighted by Gasteiger charge is -2.02. The van der Waals surface area contributed by atoms with Crippen molar-refractivity contribution in [2.75, 3.05) is 12.3 Å². The van der Waals surface area contributed by atoms with E-state index in [1.807, 2.05) is 0 Å². The zero-order valence-electron chi connectivity index (χ0n) is 6.08. The number of hydrogen-bond acceptors (Lipinski definition) is 4. The van der Waals surface area contributed by atoms with Crippen molar-refractivity contribution in [1.82, 2.24) is 10.2 Å². The first-order chi connectivity index (χ1) is 5.68. The predicted octanol–water partition coefficient (Wildman–Crippen LogP) is 0.703. The second kappa shape index (κ2) is 3.80. The van der Waals surface area contributed by atoms with Gasteiger partial charge in [-0.2, -0.15) is 0 Å². The molecule has 0 aliphatic carbocycles. The van der Waals surface area contributed by atoms with Crippen LogP contribution in [0.2, 0.25) is 0 Å². The van der Waals surface area contributed by atoms with Gasteiger partial charge in [0.2, 0.25) is 5.88 Å². The van der Waals surface area contributed by atoms with Crippen molar-refractivity contribution in [3.8, 4) is 5.88 Å². The molecule has 0 aliphatic heterocycles. The van der Waals surface area contributed by atoms with Crippen LogP contribution in [0.5, 0.6) is 5.88 Å². The van der Waals surface area contributed by atoms with Gasteiger partial charge in [-0.3, -0.25) is 0 Å². The molecule has 0 fully saturated rings. The summed E-state index contributed by atoms with van der Waals surface area (Å²) in [5, 5.41) is 6.83. The smallest absolute Gasteiger partial charge is 0.272 e. The first-order valence-corrected chi connectivity index (χ1v) is 3.18. The molecule has 1 aromatic heterocycles. The van der Waals surface area contributed by atoms with E-state index in [2.05, 4.69) is 14.9 Å². The minimum Gasteiger partial charge on any atom is -0.471 e. The summed E-state index contributed by atoms with van der Waals surface area (Å²) < 4.78 is 27.7. The molecule has 0 atom stereocenters. The molecule has 2 N–H and O–H groups in total. The van der Waals surface area contributed by atoms with Gasteiger partial charge in [0.15, 0.2) is 6.61 Å². The fourth-order valence-electron chi connectivity index (χ4n) is 0.556. The SMILES string of the molecule is Nc1ccc(OCC(F)F)nn1. The summed E-state index contributed by atoms with van der Waals surface area (Å²) in [6, 6.07) is 2.80. The van der Waals surface area contributed by atoms with E-state index in [0.29, 0.717) is 0 Å². The van der Waals surface area contributed by atoms with E-state index < -0.39 is 13.0 Å². The number of nitrogen functional groups attached to an aromatic ring is 1. The molecule has 66 valence electrons. The van der Waals surface area contributed by atoms with Crippen LogP contribution in [0.4, 0.5) is 14.6 Å². The van der Waals surface area contributed by atoms with Crippen LogP contribution in [-0.2, 0) is 0 Å². The van der Waals surface area contributed by atoms with Crippen molar-refractivity contribution in [1.29, 1.82) is 0 Å². The number of halogens is 2. The van der Waals surface area contributed by atoms with Crippen LogP contribution in [0.3, 0.4) is 0 Å². The lowest BCUT2D eigenvalue weighted by molar-refractivity contribution is 0.0791. The highest BCUT2D eigenvalue weighted by atomic mass is 19.3. The average molecular weight is 175 g/mol. The van der Waals surface area contributed by atoms with Crippen molar-refractivity contribution >= 4 is 5.82 Å².